The minimum absolute atomic E-state index is 0.0875. The third kappa shape index (κ3) is 2.66. The molecular weight excluding hydrogens is 284 g/mol. The van der Waals surface area contributed by atoms with Crippen molar-refractivity contribution in [2.45, 2.75) is 6.92 Å². The van der Waals surface area contributed by atoms with Gasteiger partial charge in [0, 0.05) is 23.1 Å². The normalized spacial score (nSPS) is 15.6. The van der Waals surface area contributed by atoms with E-state index in [9.17, 15) is 9.59 Å². The second kappa shape index (κ2) is 4.87. The van der Waals surface area contributed by atoms with E-state index in [-0.39, 0.29) is 18.4 Å². The van der Waals surface area contributed by atoms with Crippen LogP contribution in [0.5, 0.6) is 0 Å². The number of piperazine rings is 1. The molecule has 0 saturated carbocycles. The average molecular weight is 297 g/mol. The van der Waals surface area contributed by atoms with Gasteiger partial charge in [-0.3, -0.25) is 9.59 Å². The number of halogens is 1. The van der Waals surface area contributed by atoms with Crippen LogP contribution in [-0.4, -0.2) is 36.3 Å². The highest BCUT2D eigenvalue weighted by Crippen LogP contribution is 2.18. The fourth-order valence-corrected chi connectivity index (χ4v) is 2.02. The lowest BCUT2D eigenvalue weighted by Gasteiger charge is -2.26. The van der Waals surface area contributed by atoms with Crippen LogP contribution in [-0.2, 0) is 4.79 Å². The van der Waals surface area contributed by atoms with Crippen LogP contribution in [0.4, 0.5) is 0 Å². The summed E-state index contributed by atoms with van der Waals surface area (Å²) in [6.07, 6.45) is 0. The number of benzene rings is 1. The Hall–Kier alpha value is -1.36. The molecule has 1 N–H and O–H groups in total. The Bertz CT molecular complexity index is 474. The van der Waals surface area contributed by atoms with Gasteiger partial charge in [-0.2, -0.15) is 0 Å². The Morgan fingerprint density at radius 2 is 2.24 bits per heavy atom. The van der Waals surface area contributed by atoms with Gasteiger partial charge in [-0.15, -0.1) is 0 Å². The number of amides is 2. The summed E-state index contributed by atoms with van der Waals surface area (Å²) >= 11 is 3.40. The third-order valence-electron chi connectivity index (χ3n) is 2.73. The Morgan fingerprint density at radius 3 is 2.88 bits per heavy atom. The minimum Gasteiger partial charge on any atom is -0.353 e. The maximum Gasteiger partial charge on any atom is 0.254 e. The molecule has 5 heteroatoms. The number of hydrogen-bond acceptors (Lipinski definition) is 2. The highest BCUT2D eigenvalue weighted by Gasteiger charge is 2.22. The van der Waals surface area contributed by atoms with Gasteiger partial charge in [0.15, 0.2) is 0 Å². The summed E-state index contributed by atoms with van der Waals surface area (Å²) in [5, 5.41) is 2.70. The van der Waals surface area contributed by atoms with E-state index < -0.39 is 0 Å². The Morgan fingerprint density at radius 1 is 1.47 bits per heavy atom. The molecular formula is C12H13BrN2O2. The van der Waals surface area contributed by atoms with Crippen molar-refractivity contribution >= 4 is 27.7 Å². The number of rotatable bonds is 1. The number of carbonyl (C=O) groups excluding carboxylic acids is 2. The highest BCUT2D eigenvalue weighted by molar-refractivity contribution is 9.10. The average Bonchev–Trinajstić information content (AvgIpc) is 2.32. The molecule has 0 radical (unpaired) electrons. The van der Waals surface area contributed by atoms with Crippen LogP contribution in [0.15, 0.2) is 22.7 Å². The molecule has 2 rings (SSSR count). The van der Waals surface area contributed by atoms with Crippen LogP contribution in [0.25, 0.3) is 0 Å². The minimum atomic E-state index is -0.0987. The fraction of sp³-hybridized carbons (Fsp3) is 0.333. The summed E-state index contributed by atoms with van der Waals surface area (Å²) in [5.74, 6) is -0.186. The second-order valence-corrected chi connectivity index (χ2v) is 4.89. The molecule has 17 heavy (non-hydrogen) atoms. The van der Waals surface area contributed by atoms with Gasteiger partial charge in [0.2, 0.25) is 5.91 Å². The lowest BCUT2D eigenvalue weighted by Crippen LogP contribution is -2.49. The first kappa shape index (κ1) is 12.1. The SMILES string of the molecule is Cc1cc(C(=O)N2CCNC(=O)C2)ccc1Br. The standard InChI is InChI=1S/C12H13BrN2O2/c1-8-6-9(2-3-10(8)13)12(17)15-5-4-14-11(16)7-15/h2-3,6H,4-5,7H2,1H3,(H,14,16). The first-order valence-corrected chi connectivity index (χ1v) is 6.19. The largest absolute Gasteiger partial charge is 0.353 e. The molecule has 2 amide bonds. The molecule has 90 valence electrons. The summed E-state index contributed by atoms with van der Waals surface area (Å²) in [7, 11) is 0. The molecule has 1 aromatic rings. The summed E-state index contributed by atoms with van der Waals surface area (Å²) in [6, 6.07) is 5.46. The summed E-state index contributed by atoms with van der Waals surface area (Å²) < 4.78 is 0.977. The lowest BCUT2D eigenvalue weighted by atomic mass is 10.1. The highest BCUT2D eigenvalue weighted by atomic mass is 79.9. The van der Waals surface area contributed by atoms with Crippen molar-refractivity contribution in [3.05, 3.63) is 33.8 Å². The molecule has 0 unspecified atom stereocenters. The Balaban J connectivity index is 2.18. The molecule has 1 aromatic carbocycles. The third-order valence-corrected chi connectivity index (χ3v) is 3.62. The van der Waals surface area contributed by atoms with Crippen LogP contribution in [0.1, 0.15) is 15.9 Å². The van der Waals surface area contributed by atoms with Crippen LogP contribution in [0, 0.1) is 6.92 Å². The first-order valence-electron chi connectivity index (χ1n) is 5.40. The summed E-state index contributed by atoms with van der Waals surface area (Å²) in [4.78, 5) is 24.9. The van der Waals surface area contributed by atoms with Crippen molar-refractivity contribution in [3.63, 3.8) is 0 Å². The number of hydrogen-bond donors (Lipinski definition) is 1. The smallest absolute Gasteiger partial charge is 0.254 e. The number of nitrogens with zero attached hydrogens (tertiary/aromatic N) is 1. The number of aryl methyl sites for hydroxylation is 1. The van der Waals surface area contributed by atoms with E-state index in [0.29, 0.717) is 18.7 Å². The van der Waals surface area contributed by atoms with E-state index in [1.807, 2.05) is 19.1 Å². The van der Waals surface area contributed by atoms with Crippen molar-refractivity contribution in [3.8, 4) is 0 Å². The zero-order valence-corrected chi connectivity index (χ0v) is 11.1. The molecule has 1 aliphatic heterocycles. The van der Waals surface area contributed by atoms with Crippen LogP contribution in [0.3, 0.4) is 0 Å². The molecule has 4 nitrogen and oxygen atoms in total. The monoisotopic (exact) mass is 296 g/mol. The van der Waals surface area contributed by atoms with Gasteiger partial charge < -0.3 is 10.2 Å². The van der Waals surface area contributed by atoms with Gasteiger partial charge in [-0.25, -0.2) is 0 Å². The summed E-state index contributed by atoms with van der Waals surface area (Å²) in [6.45, 7) is 3.18. The predicted octanol–water partition coefficient (Wildman–Crippen LogP) is 1.33. The molecule has 0 aromatic heterocycles. The molecule has 1 aliphatic rings. The maximum absolute atomic E-state index is 12.1. The molecule has 1 saturated heterocycles. The van der Waals surface area contributed by atoms with Crippen LogP contribution >= 0.6 is 15.9 Å². The van der Waals surface area contributed by atoms with E-state index in [1.54, 1.807) is 11.0 Å². The lowest BCUT2D eigenvalue weighted by molar-refractivity contribution is -0.123. The Kier molecular flexibility index (Phi) is 3.47. The molecule has 1 fully saturated rings. The van der Waals surface area contributed by atoms with Gasteiger partial charge in [0.25, 0.3) is 5.91 Å². The van der Waals surface area contributed by atoms with E-state index >= 15 is 0 Å². The zero-order valence-electron chi connectivity index (χ0n) is 9.50. The number of carbonyl (C=O) groups is 2. The van der Waals surface area contributed by atoms with Gasteiger partial charge in [0.05, 0.1) is 6.54 Å². The molecule has 0 atom stereocenters. The van der Waals surface area contributed by atoms with Crippen LogP contribution in [0.2, 0.25) is 0 Å². The second-order valence-electron chi connectivity index (χ2n) is 4.04. The van der Waals surface area contributed by atoms with Gasteiger partial charge in [-0.05, 0) is 30.7 Å². The van der Waals surface area contributed by atoms with E-state index in [0.717, 1.165) is 10.0 Å². The van der Waals surface area contributed by atoms with Crippen molar-refractivity contribution in [2.75, 3.05) is 19.6 Å². The van der Waals surface area contributed by atoms with Crippen molar-refractivity contribution in [2.24, 2.45) is 0 Å². The van der Waals surface area contributed by atoms with E-state index in [4.69, 9.17) is 0 Å². The van der Waals surface area contributed by atoms with Crippen molar-refractivity contribution in [1.29, 1.82) is 0 Å². The van der Waals surface area contributed by atoms with Crippen LogP contribution < -0.4 is 5.32 Å². The quantitative estimate of drug-likeness (QED) is 0.850. The zero-order chi connectivity index (χ0) is 12.4. The molecule has 1 heterocycles. The Labute approximate surface area is 108 Å². The maximum atomic E-state index is 12.1. The fourth-order valence-electron chi connectivity index (χ4n) is 1.77. The van der Waals surface area contributed by atoms with Gasteiger partial charge >= 0.3 is 0 Å². The van der Waals surface area contributed by atoms with Crippen molar-refractivity contribution in [1.82, 2.24) is 10.2 Å². The predicted molar refractivity (Wildman–Crippen MR) is 67.8 cm³/mol. The molecule has 0 bridgehead atoms. The van der Waals surface area contributed by atoms with Gasteiger partial charge in [0.1, 0.15) is 0 Å². The van der Waals surface area contributed by atoms with Crippen molar-refractivity contribution < 1.29 is 9.59 Å². The summed E-state index contributed by atoms with van der Waals surface area (Å²) in [5.41, 5.74) is 1.64. The molecule has 0 aliphatic carbocycles. The first-order chi connectivity index (χ1) is 8.08. The van der Waals surface area contributed by atoms with E-state index in [2.05, 4.69) is 21.2 Å². The number of nitrogens with one attached hydrogen (secondary N) is 1. The topological polar surface area (TPSA) is 49.4 Å². The molecule has 0 spiro atoms. The van der Waals surface area contributed by atoms with E-state index in [1.165, 1.54) is 0 Å². The van der Waals surface area contributed by atoms with Gasteiger partial charge in [-0.1, -0.05) is 15.9 Å².